The van der Waals surface area contributed by atoms with Crippen LogP contribution in [-0.4, -0.2) is 39.0 Å². The molecule has 148 valence electrons. The van der Waals surface area contributed by atoms with Crippen molar-refractivity contribution in [3.63, 3.8) is 0 Å². The van der Waals surface area contributed by atoms with Crippen LogP contribution in [0.3, 0.4) is 0 Å². The summed E-state index contributed by atoms with van der Waals surface area (Å²) in [5.41, 5.74) is -1.50. The molecule has 0 aliphatic rings. The highest BCUT2D eigenvalue weighted by molar-refractivity contribution is 6.32. The third-order valence-corrected chi connectivity index (χ3v) is 3.86. The van der Waals surface area contributed by atoms with Gasteiger partial charge in [0.1, 0.15) is 5.02 Å². The average Bonchev–Trinajstić information content (AvgIpc) is 3.12. The van der Waals surface area contributed by atoms with E-state index in [0.717, 1.165) is 16.8 Å². The van der Waals surface area contributed by atoms with E-state index in [2.05, 4.69) is 25.5 Å². The van der Waals surface area contributed by atoms with Gasteiger partial charge in [0.15, 0.2) is 5.82 Å². The van der Waals surface area contributed by atoms with E-state index in [4.69, 9.17) is 16.1 Å². The molecule has 3 aromatic rings. The second-order valence-corrected chi connectivity index (χ2v) is 6.11. The van der Waals surface area contributed by atoms with Gasteiger partial charge in [-0.2, -0.15) is 27.9 Å². The predicted molar refractivity (Wildman–Crippen MR) is 93.6 cm³/mol. The number of hydrogen-bond acceptors (Lipinski definition) is 8. The quantitative estimate of drug-likeness (QED) is 0.677. The van der Waals surface area contributed by atoms with Crippen LogP contribution < -0.4 is 15.8 Å². The molecule has 1 N–H and O–H groups in total. The molecule has 3 rings (SSSR count). The van der Waals surface area contributed by atoms with Crippen molar-refractivity contribution in [2.75, 3.05) is 24.3 Å². The van der Waals surface area contributed by atoms with E-state index in [1.807, 2.05) is 0 Å². The Labute approximate surface area is 160 Å². The molecule has 0 atom stereocenters. The zero-order chi connectivity index (χ0) is 20.5. The van der Waals surface area contributed by atoms with Crippen LogP contribution in [0.5, 0.6) is 0 Å². The van der Waals surface area contributed by atoms with E-state index in [0.29, 0.717) is 12.1 Å². The smallest absolute Gasteiger partial charge is 0.373 e. The van der Waals surface area contributed by atoms with Gasteiger partial charge in [-0.3, -0.25) is 4.79 Å². The summed E-state index contributed by atoms with van der Waals surface area (Å²) in [5.74, 6) is 0.539. The van der Waals surface area contributed by atoms with Gasteiger partial charge >= 0.3 is 6.18 Å². The molecule has 9 nitrogen and oxygen atoms in total. The summed E-state index contributed by atoms with van der Waals surface area (Å²) in [6.07, 6.45) is -2.68. The van der Waals surface area contributed by atoms with Gasteiger partial charge in [0.2, 0.25) is 5.89 Å². The molecule has 3 aromatic heterocycles. The minimum absolute atomic E-state index is 0.0875. The molecule has 0 spiro atoms. The van der Waals surface area contributed by atoms with Gasteiger partial charge in [-0.1, -0.05) is 11.6 Å². The van der Waals surface area contributed by atoms with Crippen molar-refractivity contribution in [2.45, 2.75) is 12.7 Å². The van der Waals surface area contributed by atoms with Gasteiger partial charge in [-0.05, 0) is 17.3 Å². The van der Waals surface area contributed by atoms with Gasteiger partial charge in [0, 0.05) is 20.3 Å². The molecule has 0 amide bonds. The van der Waals surface area contributed by atoms with Gasteiger partial charge in [-0.15, -0.1) is 0 Å². The maximum atomic E-state index is 12.6. The molecule has 0 saturated carbocycles. The summed E-state index contributed by atoms with van der Waals surface area (Å²) < 4.78 is 43.7. The van der Waals surface area contributed by atoms with Crippen LogP contribution in [0.2, 0.25) is 5.02 Å². The number of hydrogen-bond donors (Lipinski definition) is 1. The lowest BCUT2D eigenvalue weighted by molar-refractivity contribution is -0.137. The van der Waals surface area contributed by atoms with Crippen molar-refractivity contribution in [2.24, 2.45) is 0 Å². The normalized spacial score (nSPS) is 11.5. The summed E-state index contributed by atoms with van der Waals surface area (Å²) in [7, 11) is 3.50. The van der Waals surface area contributed by atoms with Gasteiger partial charge in [-0.25, -0.2) is 4.98 Å². The summed E-state index contributed by atoms with van der Waals surface area (Å²) in [6.45, 7) is 0.0875. The first kappa shape index (κ1) is 19.6. The van der Waals surface area contributed by atoms with Crippen molar-refractivity contribution in [1.29, 1.82) is 0 Å². The van der Waals surface area contributed by atoms with E-state index >= 15 is 0 Å². The number of aromatic nitrogens is 5. The molecule has 0 fully saturated rings. The van der Waals surface area contributed by atoms with Crippen molar-refractivity contribution in [1.82, 2.24) is 24.9 Å². The topological polar surface area (TPSA) is 102 Å². The van der Waals surface area contributed by atoms with Crippen LogP contribution in [0.15, 0.2) is 33.8 Å². The van der Waals surface area contributed by atoms with E-state index in [1.54, 1.807) is 19.0 Å². The predicted octanol–water partition coefficient (Wildman–Crippen LogP) is 2.36. The highest BCUT2D eigenvalue weighted by atomic mass is 35.5. The minimum Gasteiger partial charge on any atom is -0.373 e. The molecule has 28 heavy (non-hydrogen) atoms. The molecule has 0 radical (unpaired) electrons. The number of nitrogens with one attached hydrogen (secondary N) is 1. The number of nitrogens with zero attached hydrogens (tertiary/aromatic N) is 6. The second-order valence-electron chi connectivity index (χ2n) is 5.73. The molecular formula is C15H13ClF3N7O2. The van der Waals surface area contributed by atoms with E-state index in [-0.39, 0.29) is 29.0 Å². The molecule has 0 aromatic carbocycles. The number of halogens is 4. The molecule has 0 unspecified atom stereocenters. The van der Waals surface area contributed by atoms with Crippen LogP contribution >= 0.6 is 11.6 Å². The summed E-state index contributed by atoms with van der Waals surface area (Å²) in [6, 6.07) is 1.83. The Kier molecular flexibility index (Phi) is 5.23. The standard InChI is InChI=1S/C15H13ClF3N7O2/c1-25(2)14-23-11(28-24-14)7-20-9-6-22-26(13(27)12(9)16)10-4-3-8(5-21-10)15(17,18)19/h3-6,20H,7H2,1-2H3. The summed E-state index contributed by atoms with van der Waals surface area (Å²) >= 11 is 6.06. The number of alkyl halides is 3. The van der Waals surface area contributed by atoms with E-state index in [9.17, 15) is 18.0 Å². The van der Waals surface area contributed by atoms with Gasteiger partial charge in [0.05, 0.1) is 24.0 Å². The third-order valence-electron chi connectivity index (χ3n) is 3.50. The van der Waals surface area contributed by atoms with Crippen molar-refractivity contribution in [3.8, 4) is 5.82 Å². The van der Waals surface area contributed by atoms with Crippen LogP contribution in [-0.2, 0) is 12.7 Å². The van der Waals surface area contributed by atoms with Gasteiger partial charge in [0.25, 0.3) is 11.5 Å². The number of anilines is 2. The Bertz CT molecular complexity index is 1030. The van der Waals surface area contributed by atoms with Crippen molar-refractivity contribution in [3.05, 3.63) is 51.4 Å². The molecule has 0 bridgehead atoms. The lowest BCUT2D eigenvalue weighted by Crippen LogP contribution is -2.23. The molecule has 0 saturated heterocycles. The number of pyridine rings is 1. The maximum Gasteiger partial charge on any atom is 0.417 e. The maximum absolute atomic E-state index is 12.6. The highest BCUT2D eigenvalue weighted by Gasteiger charge is 2.30. The SMILES string of the molecule is CN(C)c1noc(CNc2cnn(-c3ccc(C(F)(F)F)cn3)c(=O)c2Cl)n1. The lowest BCUT2D eigenvalue weighted by Gasteiger charge is -2.10. The Hall–Kier alpha value is -3.15. The van der Waals surface area contributed by atoms with Crippen LogP contribution in [0.4, 0.5) is 24.8 Å². The highest BCUT2D eigenvalue weighted by Crippen LogP contribution is 2.28. The lowest BCUT2D eigenvalue weighted by atomic mass is 10.3. The minimum atomic E-state index is -4.53. The molecule has 0 aliphatic carbocycles. The van der Waals surface area contributed by atoms with Crippen LogP contribution in [0, 0.1) is 0 Å². The second kappa shape index (κ2) is 7.46. The Morgan fingerprint density at radius 1 is 1.29 bits per heavy atom. The largest absolute Gasteiger partial charge is 0.417 e. The first-order valence-corrected chi connectivity index (χ1v) is 8.10. The molecule has 0 aliphatic heterocycles. The third kappa shape index (κ3) is 4.06. The van der Waals surface area contributed by atoms with E-state index in [1.165, 1.54) is 6.20 Å². The Morgan fingerprint density at radius 2 is 2.04 bits per heavy atom. The molecular weight excluding hydrogens is 403 g/mol. The van der Waals surface area contributed by atoms with Crippen LogP contribution in [0.25, 0.3) is 5.82 Å². The van der Waals surface area contributed by atoms with Crippen molar-refractivity contribution >= 4 is 23.2 Å². The Morgan fingerprint density at radius 3 is 2.61 bits per heavy atom. The summed E-state index contributed by atoms with van der Waals surface area (Å²) in [5, 5.41) is 10.2. The van der Waals surface area contributed by atoms with E-state index < -0.39 is 17.3 Å². The van der Waals surface area contributed by atoms with Crippen molar-refractivity contribution < 1.29 is 17.7 Å². The monoisotopic (exact) mass is 415 g/mol. The van der Waals surface area contributed by atoms with Gasteiger partial charge < -0.3 is 14.7 Å². The summed E-state index contributed by atoms with van der Waals surface area (Å²) in [4.78, 5) is 21.8. The average molecular weight is 416 g/mol. The zero-order valence-corrected chi connectivity index (χ0v) is 15.3. The molecule has 3 heterocycles. The zero-order valence-electron chi connectivity index (χ0n) is 14.5. The Balaban J connectivity index is 1.80. The molecule has 13 heteroatoms. The fraction of sp³-hybridized carbons (Fsp3) is 0.267. The van der Waals surface area contributed by atoms with Crippen LogP contribution in [0.1, 0.15) is 11.5 Å². The fourth-order valence-electron chi connectivity index (χ4n) is 2.07. The first-order chi connectivity index (χ1) is 13.2. The first-order valence-electron chi connectivity index (χ1n) is 7.72. The number of rotatable bonds is 5. The fourth-order valence-corrected chi connectivity index (χ4v) is 2.26.